The van der Waals surface area contributed by atoms with Gasteiger partial charge in [0.25, 0.3) is 0 Å². The third-order valence-corrected chi connectivity index (χ3v) is 10.4. The van der Waals surface area contributed by atoms with E-state index in [2.05, 4.69) is 13.8 Å². The van der Waals surface area contributed by atoms with Gasteiger partial charge in [0.15, 0.2) is 0 Å². The van der Waals surface area contributed by atoms with Crippen LogP contribution in [0.4, 0.5) is 0 Å². The molecule has 0 heteroatoms. The minimum absolute atomic E-state index is 0.664. The summed E-state index contributed by atoms with van der Waals surface area (Å²) in [4.78, 5) is 0. The van der Waals surface area contributed by atoms with Crippen LogP contribution in [-0.4, -0.2) is 0 Å². The molecule has 156 valence electrons. The quantitative estimate of drug-likeness (QED) is 0.399. The normalized spacial score (nSPS) is 40.7. The first kappa shape index (κ1) is 20.3. The molecule has 0 heterocycles. The van der Waals surface area contributed by atoms with Crippen LogP contribution in [0.15, 0.2) is 0 Å². The largest absolute Gasteiger partial charge is 0.0591 e. The highest BCUT2D eigenvalue weighted by Crippen LogP contribution is 2.69. The summed E-state index contributed by atoms with van der Waals surface area (Å²) < 4.78 is 0. The summed E-state index contributed by atoms with van der Waals surface area (Å²) in [6.45, 7) is 5.44. The smallest absolute Gasteiger partial charge is 0.0241 e. The van der Waals surface area contributed by atoms with Crippen LogP contribution in [-0.2, 0) is 0 Å². The van der Waals surface area contributed by atoms with Crippen molar-refractivity contribution in [1.82, 2.24) is 0 Å². The maximum Gasteiger partial charge on any atom is -0.0241 e. The highest BCUT2D eigenvalue weighted by atomic mass is 14.7. The first-order valence-corrected chi connectivity index (χ1v) is 13.1. The van der Waals surface area contributed by atoms with Gasteiger partial charge in [0, 0.05) is 0 Å². The molecule has 4 saturated carbocycles. The lowest BCUT2D eigenvalue weighted by molar-refractivity contribution is 0.0120. The van der Waals surface area contributed by atoms with Crippen molar-refractivity contribution in [2.75, 3.05) is 0 Å². The fourth-order valence-corrected chi connectivity index (χ4v) is 8.49. The molecule has 0 N–H and O–H groups in total. The Morgan fingerprint density at radius 1 is 0.667 bits per heavy atom. The van der Waals surface area contributed by atoms with Crippen molar-refractivity contribution in [2.24, 2.45) is 34.5 Å². The number of hydrogen-bond donors (Lipinski definition) is 0. The van der Waals surface area contributed by atoms with E-state index in [1.165, 1.54) is 51.4 Å². The molecule has 0 nitrogen and oxygen atoms in total. The van der Waals surface area contributed by atoms with E-state index < -0.39 is 0 Å². The van der Waals surface area contributed by atoms with Gasteiger partial charge in [-0.25, -0.2) is 0 Å². The molecule has 4 rings (SSSR count). The minimum Gasteiger partial charge on any atom is -0.0591 e. The third-order valence-electron chi connectivity index (χ3n) is 10.4. The van der Waals surface area contributed by atoms with Crippen LogP contribution in [0.25, 0.3) is 0 Å². The van der Waals surface area contributed by atoms with Crippen LogP contribution in [0.3, 0.4) is 0 Å². The summed E-state index contributed by atoms with van der Waals surface area (Å²) in [7, 11) is 0. The molecular weight excluding hydrogens is 324 g/mol. The average molecular weight is 373 g/mol. The van der Waals surface area contributed by atoms with Crippen LogP contribution in [0, 0.1) is 34.5 Å². The molecular formula is C27H48. The highest BCUT2D eigenvalue weighted by molar-refractivity contribution is 5.10. The molecule has 4 aliphatic rings. The van der Waals surface area contributed by atoms with Gasteiger partial charge in [-0.15, -0.1) is 0 Å². The second kappa shape index (κ2) is 8.79. The molecule has 0 aromatic rings. The van der Waals surface area contributed by atoms with Gasteiger partial charge in [-0.05, 0) is 66.6 Å². The molecule has 2 bridgehead atoms. The first-order valence-electron chi connectivity index (χ1n) is 13.1. The zero-order chi connectivity index (χ0) is 18.7. The first-order chi connectivity index (χ1) is 13.1. The van der Waals surface area contributed by atoms with Crippen LogP contribution in [0.5, 0.6) is 0 Å². The molecule has 0 radical (unpaired) electrons. The van der Waals surface area contributed by atoms with Crippen molar-refractivity contribution in [3.05, 3.63) is 0 Å². The Morgan fingerprint density at radius 3 is 1.89 bits per heavy atom. The van der Waals surface area contributed by atoms with Crippen molar-refractivity contribution >= 4 is 0 Å². The van der Waals surface area contributed by atoms with Gasteiger partial charge in [0.1, 0.15) is 0 Å². The third kappa shape index (κ3) is 4.30. The average Bonchev–Trinajstić information content (AvgIpc) is 3.18. The second-order valence-electron chi connectivity index (χ2n) is 11.9. The van der Waals surface area contributed by atoms with Crippen molar-refractivity contribution < 1.29 is 0 Å². The summed E-state index contributed by atoms with van der Waals surface area (Å²) in [6.07, 6.45) is 29.2. The molecule has 0 amide bonds. The lowest BCUT2D eigenvalue weighted by Gasteiger charge is -2.48. The zero-order valence-electron chi connectivity index (χ0n) is 18.7. The standard InChI is InChI=1S/C27H48/c1-26-20-18-24(21-26)25(17-9-15-22-11-5-3-6-12-22)27(26,2)19-10-16-23-13-7-4-8-14-23/h22-25H,3-21H2,1-2H3. The number of rotatable bonds is 8. The van der Waals surface area contributed by atoms with Gasteiger partial charge < -0.3 is 0 Å². The van der Waals surface area contributed by atoms with E-state index in [9.17, 15) is 0 Å². The van der Waals surface area contributed by atoms with Crippen LogP contribution >= 0.6 is 0 Å². The molecule has 4 aliphatic carbocycles. The Hall–Kier alpha value is 0. The van der Waals surface area contributed by atoms with Gasteiger partial charge in [0.05, 0.1) is 0 Å². The second-order valence-corrected chi connectivity index (χ2v) is 11.9. The van der Waals surface area contributed by atoms with E-state index in [1.807, 2.05) is 0 Å². The van der Waals surface area contributed by atoms with Crippen molar-refractivity contribution in [2.45, 2.75) is 136 Å². The lowest BCUT2D eigenvalue weighted by Crippen LogP contribution is -2.40. The Labute approximate surface area is 170 Å². The molecule has 0 aromatic carbocycles. The number of fused-ring (bicyclic) bond motifs is 2. The van der Waals surface area contributed by atoms with Gasteiger partial charge in [-0.1, -0.05) is 104 Å². The van der Waals surface area contributed by atoms with Gasteiger partial charge >= 0.3 is 0 Å². The fourth-order valence-electron chi connectivity index (χ4n) is 8.49. The topological polar surface area (TPSA) is 0 Å². The monoisotopic (exact) mass is 372 g/mol. The highest BCUT2D eigenvalue weighted by Gasteiger charge is 2.60. The summed E-state index contributed by atoms with van der Waals surface area (Å²) in [5.41, 5.74) is 1.34. The minimum atomic E-state index is 0.664. The Morgan fingerprint density at radius 2 is 1.26 bits per heavy atom. The van der Waals surface area contributed by atoms with Crippen LogP contribution in [0.2, 0.25) is 0 Å². The van der Waals surface area contributed by atoms with E-state index in [0.29, 0.717) is 10.8 Å². The summed E-state index contributed by atoms with van der Waals surface area (Å²) >= 11 is 0. The van der Waals surface area contributed by atoms with Crippen molar-refractivity contribution in [3.8, 4) is 0 Å². The van der Waals surface area contributed by atoms with E-state index in [4.69, 9.17) is 0 Å². The summed E-state index contributed by atoms with van der Waals surface area (Å²) in [5, 5.41) is 0. The summed E-state index contributed by atoms with van der Waals surface area (Å²) in [6, 6.07) is 0. The van der Waals surface area contributed by atoms with Gasteiger partial charge in [-0.2, -0.15) is 0 Å². The van der Waals surface area contributed by atoms with Crippen LogP contribution in [0.1, 0.15) is 136 Å². The van der Waals surface area contributed by atoms with E-state index in [-0.39, 0.29) is 0 Å². The maximum absolute atomic E-state index is 2.75. The molecule has 4 unspecified atom stereocenters. The Balaban J connectivity index is 1.30. The van der Waals surface area contributed by atoms with Crippen molar-refractivity contribution in [3.63, 3.8) is 0 Å². The predicted octanol–water partition coefficient (Wildman–Crippen LogP) is 8.93. The van der Waals surface area contributed by atoms with Crippen LogP contribution < -0.4 is 0 Å². The van der Waals surface area contributed by atoms with E-state index in [0.717, 1.165) is 23.7 Å². The Kier molecular flexibility index (Phi) is 6.60. The molecule has 27 heavy (non-hydrogen) atoms. The fraction of sp³-hybridized carbons (Fsp3) is 1.00. The number of hydrogen-bond acceptors (Lipinski definition) is 0. The van der Waals surface area contributed by atoms with E-state index in [1.54, 1.807) is 70.6 Å². The van der Waals surface area contributed by atoms with Gasteiger partial charge in [0.2, 0.25) is 0 Å². The predicted molar refractivity (Wildman–Crippen MR) is 118 cm³/mol. The van der Waals surface area contributed by atoms with Crippen molar-refractivity contribution in [1.29, 1.82) is 0 Å². The molecule has 0 aliphatic heterocycles. The molecule has 4 atom stereocenters. The molecule has 4 fully saturated rings. The van der Waals surface area contributed by atoms with E-state index >= 15 is 0 Å². The van der Waals surface area contributed by atoms with Gasteiger partial charge in [-0.3, -0.25) is 0 Å². The zero-order valence-corrected chi connectivity index (χ0v) is 18.7. The molecule has 0 aromatic heterocycles. The molecule has 0 saturated heterocycles. The lowest BCUT2D eigenvalue weighted by atomic mass is 9.57. The summed E-state index contributed by atoms with van der Waals surface area (Å²) in [5.74, 6) is 4.32. The Bertz CT molecular complexity index is 455. The maximum atomic E-state index is 2.75. The SMILES string of the molecule is CC12CCC(C1)C(CCCC1CCCCC1)C2(C)CCCC1CCCCC1. The molecule has 0 spiro atoms.